The van der Waals surface area contributed by atoms with Gasteiger partial charge in [-0.05, 0) is 38.7 Å². The van der Waals surface area contributed by atoms with Crippen LogP contribution in [0.1, 0.15) is 42.8 Å². The van der Waals surface area contributed by atoms with Crippen LogP contribution < -0.4 is 0 Å². The molecule has 2 heterocycles. The zero-order valence-electron chi connectivity index (χ0n) is 12.1. The van der Waals surface area contributed by atoms with E-state index in [1.54, 1.807) is 23.5 Å². The van der Waals surface area contributed by atoms with Crippen molar-refractivity contribution in [2.45, 2.75) is 45.1 Å². The van der Waals surface area contributed by atoms with Crippen LogP contribution in [-0.2, 0) is 9.59 Å². The predicted octanol–water partition coefficient (Wildman–Crippen LogP) is 2.71. The Morgan fingerprint density at radius 1 is 1.52 bits per heavy atom. The van der Waals surface area contributed by atoms with Crippen molar-refractivity contribution in [1.82, 2.24) is 9.88 Å². The Hall–Kier alpha value is -1.69. The molecule has 114 valence electrons. The first kappa shape index (κ1) is 15.7. The molecule has 21 heavy (non-hydrogen) atoms. The van der Waals surface area contributed by atoms with Gasteiger partial charge in [0.25, 0.3) is 0 Å². The predicted molar refractivity (Wildman–Crippen MR) is 82.1 cm³/mol. The molecule has 0 spiro atoms. The molecule has 2 rings (SSSR count). The average Bonchev–Trinajstić information content (AvgIpc) is 2.88. The average molecular weight is 308 g/mol. The first-order chi connectivity index (χ1) is 10.1. The van der Waals surface area contributed by atoms with E-state index in [9.17, 15) is 9.59 Å². The van der Waals surface area contributed by atoms with E-state index >= 15 is 0 Å². The number of thiazole rings is 1. The monoisotopic (exact) mass is 308 g/mol. The zero-order chi connectivity index (χ0) is 15.2. The van der Waals surface area contributed by atoms with Crippen molar-refractivity contribution >= 4 is 29.3 Å². The summed E-state index contributed by atoms with van der Waals surface area (Å²) in [6.45, 7) is 2.64. The van der Waals surface area contributed by atoms with Crippen LogP contribution in [0.3, 0.4) is 0 Å². The van der Waals surface area contributed by atoms with E-state index in [0.717, 1.165) is 30.0 Å². The lowest BCUT2D eigenvalue weighted by atomic mass is 9.98. The summed E-state index contributed by atoms with van der Waals surface area (Å²) in [5.74, 6) is -0.850. The van der Waals surface area contributed by atoms with Gasteiger partial charge in [0.1, 0.15) is 0 Å². The third kappa shape index (κ3) is 4.67. The number of likely N-dealkylation sites (tertiary alicyclic amines) is 1. The number of carboxylic acid groups (broad SMARTS) is 1. The van der Waals surface area contributed by atoms with Crippen molar-refractivity contribution in [2.75, 3.05) is 6.54 Å². The first-order valence-corrected chi connectivity index (χ1v) is 8.07. The van der Waals surface area contributed by atoms with Gasteiger partial charge in [0, 0.05) is 30.5 Å². The van der Waals surface area contributed by atoms with Crippen LogP contribution in [0.2, 0.25) is 0 Å². The number of amides is 1. The fraction of sp³-hybridized carbons (Fsp3) is 0.533. The Labute approximate surface area is 128 Å². The van der Waals surface area contributed by atoms with Gasteiger partial charge in [0.2, 0.25) is 5.91 Å². The third-order valence-electron chi connectivity index (χ3n) is 3.64. The van der Waals surface area contributed by atoms with Crippen LogP contribution in [-0.4, -0.2) is 39.5 Å². The van der Waals surface area contributed by atoms with E-state index in [4.69, 9.17) is 5.11 Å². The SMILES string of the molecule is Cc1nc(C=CC(=O)N2CCCCC2CCC(=O)O)cs1. The Morgan fingerprint density at radius 3 is 3.00 bits per heavy atom. The number of carbonyl (C=O) groups is 2. The van der Waals surface area contributed by atoms with Gasteiger partial charge in [-0.1, -0.05) is 0 Å². The molecule has 1 aliphatic heterocycles. The van der Waals surface area contributed by atoms with E-state index in [2.05, 4.69) is 4.98 Å². The molecule has 1 aliphatic rings. The molecule has 1 aromatic heterocycles. The standard InChI is InChI=1S/C15H20N2O3S/c1-11-16-12(10-21-11)5-7-14(18)17-9-3-2-4-13(17)6-8-15(19)20/h5,7,10,13H,2-4,6,8-9H2,1H3,(H,19,20). The number of aliphatic carboxylic acids is 1. The summed E-state index contributed by atoms with van der Waals surface area (Å²) in [5.41, 5.74) is 0.796. The molecule has 1 unspecified atom stereocenters. The number of piperidine rings is 1. The minimum atomic E-state index is -0.804. The van der Waals surface area contributed by atoms with E-state index in [-0.39, 0.29) is 18.4 Å². The van der Waals surface area contributed by atoms with Gasteiger partial charge in [0.15, 0.2) is 0 Å². The summed E-state index contributed by atoms with van der Waals surface area (Å²) in [4.78, 5) is 29.1. The van der Waals surface area contributed by atoms with Gasteiger partial charge in [-0.25, -0.2) is 4.98 Å². The second-order valence-electron chi connectivity index (χ2n) is 5.24. The maximum absolute atomic E-state index is 12.3. The van der Waals surface area contributed by atoms with Crippen molar-refractivity contribution < 1.29 is 14.7 Å². The van der Waals surface area contributed by atoms with Crippen molar-refractivity contribution in [3.63, 3.8) is 0 Å². The van der Waals surface area contributed by atoms with E-state index in [1.165, 1.54) is 0 Å². The maximum atomic E-state index is 12.3. The lowest BCUT2D eigenvalue weighted by Crippen LogP contribution is -2.43. The molecule has 1 fully saturated rings. The highest BCUT2D eigenvalue weighted by atomic mass is 32.1. The maximum Gasteiger partial charge on any atom is 0.303 e. The summed E-state index contributed by atoms with van der Waals surface area (Å²) in [5, 5.41) is 11.7. The van der Waals surface area contributed by atoms with Crippen LogP contribution in [0.5, 0.6) is 0 Å². The minimum absolute atomic E-state index is 0.0455. The van der Waals surface area contributed by atoms with Gasteiger partial charge in [-0.2, -0.15) is 0 Å². The molecular weight excluding hydrogens is 288 g/mol. The lowest BCUT2D eigenvalue weighted by Gasteiger charge is -2.35. The highest BCUT2D eigenvalue weighted by Gasteiger charge is 2.25. The number of hydrogen-bond acceptors (Lipinski definition) is 4. The van der Waals surface area contributed by atoms with Crippen LogP contribution in [0, 0.1) is 6.92 Å². The molecule has 0 radical (unpaired) electrons. The van der Waals surface area contributed by atoms with E-state index in [1.807, 2.05) is 17.2 Å². The van der Waals surface area contributed by atoms with E-state index < -0.39 is 5.97 Å². The summed E-state index contributed by atoms with van der Waals surface area (Å²) in [6.07, 6.45) is 6.86. The highest BCUT2D eigenvalue weighted by molar-refractivity contribution is 7.09. The number of aromatic nitrogens is 1. The largest absolute Gasteiger partial charge is 0.481 e. The second kappa shape index (κ2) is 7.36. The summed E-state index contributed by atoms with van der Waals surface area (Å²) in [6, 6.07) is 0.0455. The fourth-order valence-electron chi connectivity index (χ4n) is 2.59. The van der Waals surface area contributed by atoms with Crippen molar-refractivity contribution in [2.24, 2.45) is 0 Å². The Kier molecular flexibility index (Phi) is 5.50. The van der Waals surface area contributed by atoms with Gasteiger partial charge in [-0.3, -0.25) is 9.59 Å². The first-order valence-electron chi connectivity index (χ1n) is 7.19. The molecule has 1 atom stereocenters. The van der Waals surface area contributed by atoms with Crippen molar-refractivity contribution in [1.29, 1.82) is 0 Å². The second-order valence-corrected chi connectivity index (χ2v) is 6.30. The van der Waals surface area contributed by atoms with Crippen LogP contribution in [0.15, 0.2) is 11.5 Å². The highest BCUT2D eigenvalue weighted by Crippen LogP contribution is 2.21. The van der Waals surface area contributed by atoms with Crippen LogP contribution in [0.4, 0.5) is 0 Å². The molecule has 0 aliphatic carbocycles. The molecule has 1 aromatic rings. The molecule has 6 heteroatoms. The number of rotatable bonds is 5. The summed E-state index contributed by atoms with van der Waals surface area (Å²) < 4.78 is 0. The zero-order valence-corrected chi connectivity index (χ0v) is 12.9. The number of hydrogen-bond donors (Lipinski definition) is 1. The molecule has 1 saturated heterocycles. The van der Waals surface area contributed by atoms with Gasteiger partial charge < -0.3 is 10.0 Å². The summed E-state index contributed by atoms with van der Waals surface area (Å²) in [7, 11) is 0. The van der Waals surface area contributed by atoms with Crippen LogP contribution >= 0.6 is 11.3 Å². The lowest BCUT2D eigenvalue weighted by molar-refractivity contribution is -0.138. The molecule has 0 saturated carbocycles. The Bertz CT molecular complexity index is 539. The van der Waals surface area contributed by atoms with Gasteiger partial charge >= 0.3 is 5.97 Å². The molecule has 5 nitrogen and oxygen atoms in total. The molecule has 1 amide bonds. The summed E-state index contributed by atoms with van der Waals surface area (Å²) >= 11 is 1.55. The quantitative estimate of drug-likeness (QED) is 0.849. The van der Waals surface area contributed by atoms with Crippen molar-refractivity contribution in [3.8, 4) is 0 Å². The van der Waals surface area contributed by atoms with Gasteiger partial charge in [0.05, 0.1) is 10.7 Å². The molecule has 0 aromatic carbocycles. The number of carboxylic acids is 1. The Morgan fingerprint density at radius 2 is 2.33 bits per heavy atom. The normalized spacial score (nSPS) is 19.1. The Balaban J connectivity index is 1.97. The number of nitrogens with zero attached hydrogens (tertiary/aromatic N) is 2. The van der Waals surface area contributed by atoms with Gasteiger partial charge in [-0.15, -0.1) is 11.3 Å². The minimum Gasteiger partial charge on any atom is -0.481 e. The van der Waals surface area contributed by atoms with Crippen molar-refractivity contribution in [3.05, 3.63) is 22.2 Å². The number of carbonyl (C=O) groups excluding carboxylic acids is 1. The molecule has 1 N–H and O–H groups in total. The topological polar surface area (TPSA) is 70.5 Å². The molecular formula is C15H20N2O3S. The number of aryl methyl sites for hydroxylation is 1. The fourth-order valence-corrected chi connectivity index (χ4v) is 3.17. The van der Waals surface area contributed by atoms with E-state index in [0.29, 0.717) is 13.0 Å². The van der Waals surface area contributed by atoms with Crippen LogP contribution in [0.25, 0.3) is 6.08 Å². The third-order valence-corrected chi connectivity index (χ3v) is 4.43. The smallest absolute Gasteiger partial charge is 0.303 e. The molecule has 0 bridgehead atoms.